The summed E-state index contributed by atoms with van der Waals surface area (Å²) in [6.45, 7) is 1.12. The van der Waals surface area contributed by atoms with E-state index in [1.807, 2.05) is 48.5 Å². The zero-order valence-corrected chi connectivity index (χ0v) is 16.8. The Kier molecular flexibility index (Phi) is 5.84. The number of amides is 2. The number of anilines is 1. The molecule has 154 valence electrons. The highest BCUT2D eigenvalue weighted by Crippen LogP contribution is 2.27. The average molecular weight is 404 g/mol. The van der Waals surface area contributed by atoms with Gasteiger partial charge in [0.2, 0.25) is 5.91 Å². The zero-order chi connectivity index (χ0) is 20.9. The molecule has 1 N–H and O–H groups in total. The van der Waals surface area contributed by atoms with Gasteiger partial charge in [0.1, 0.15) is 12.0 Å². The number of ether oxygens (including phenoxy) is 1. The van der Waals surface area contributed by atoms with E-state index in [0.29, 0.717) is 31.5 Å². The molecule has 3 aromatic rings. The number of nitrogens with zero attached hydrogens (tertiary/aromatic N) is 1. The van der Waals surface area contributed by atoms with Crippen LogP contribution < -0.4 is 10.1 Å². The highest BCUT2D eigenvalue weighted by Gasteiger charge is 2.28. The minimum absolute atomic E-state index is 0.00629. The van der Waals surface area contributed by atoms with E-state index in [1.165, 1.54) is 12.5 Å². The number of rotatable bonds is 5. The van der Waals surface area contributed by atoms with Crippen LogP contribution in [0, 0.1) is 5.92 Å². The number of likely N-dealkylation sites (tertiary alicyclic amines) is 1. The lowest BCUT2D eigenvalue weighted by Gasteiger charge is -2.31. The number of piperidine rings is 1. The third-order valence-corrected chi connectivity index (χ3v) is 5.45. The quantitative estimate of drug-likeness (QED) is 0.682. The second kappa shape index (κ2) is 8.86. The van der Waals surface area contributed by atoms with Gasteiger partial charge in [-0.25, -0.2) is 0 Å². The summed E-state index contributed by atoms with van der Waals surface area (Å²) in [5.74, 6) is 0.624. The molecule has 2 amide bonds. The summed E-state index contributed by atoms with van der Waals surface area (Å²) in [5, 5.41) is 3.03. The Balaban J connectivity index is 1.37. The summed E-state index contributed by atoms with van der Waals surface area (Å²) < 4.78 is 10.3. The highest BCUT2D eigenvalue weighted by molar-refractivity contribution is 5.95. The van der Waals surface area contributed by atoms with Crippen molar-refractivity contribution in [2.24, 2.45) is 5.92 Å². The van der Waals surface area contributed by atoms with Gasteiger partial charge in [0.15, 0.2) is 0 Å². The van der Waals surface area contributed by atoms with Gasteiger partial charge in [0.25, 0.3) is 5.91 Å². The third-order valence-electron chi connectivity index (χ3n) is 5.45. The minimum atomic E-state index is -0.112. The molecule has 1 saturated heterocycles. The van der Waals surface area contributed by atoms with E-state index in [9.17, 15) is 9.59 Å². The molecule has 2 aromatic carbocycles. The van der Waals surface area contributed by atoms with Gasteiger partial charge < -0.3 is 19.4 Å². The molecule has 6 nitrogen and oxygen atoms in total. The normalized spacial score (nSPS) is 14.4. The maximum absolute atomic E-state index is 12.8. The second-order valence-corrected chi connectivity index (χ2v) is 7.38. The molecule has 0 atom stereocenters. The topological polar surface area (TPSA) is 71.8 Å². The first-order valence-electron chi connectivity index (χ1n) is 10.0. The predicted octanol–water partition coefficient (Wildman–Crippen LogP) is 4.45. The van der Waals surface area contributed by atoms with Crippen molar-refractivity contribution in [3.63, 3.8) is 0 Å². The Morgan fingerprint density at radius 3 is 2.47 bits per heavy atom. The van der Waals surface area contributed by atoms with Gasteiger partial charge in [0.05, 0.1) is 18.9 Å². The fourth-order valence-electron chi connectivity index (χ4n) is 3.74. The molecule has 0 unspecified atom stereocenters. The van der Waals surface area contributed by atoms with Crippen LogP contribution in [0.15, 0.2) is 71.5 Å². The molecule has 1 aliphatic rings. The summed E-state index contributed by atoms with van der Waals surface area (Å²) in [6.07, 6.45) is 4.24. The molecule has 0 radical (unpaired) electrons. The van der Waals surface area contributed by atoms with Gasteiger partial charge in [-0.05, 0) is 54.3 Å². The standard InChI is InChI=1S/C24H24N2O4/c1-29-22-7-3-5-19(15-22)18-4-2-6-21(14-18)25-23(27)17-8-11-26(12-9-17)24(28)20-10-13-30-16-20/h2-7,10,13-17H,8-9,11-12H2,1H3,(H,25,27). The first kappa shape index (κ1) is 19.8. The monoisotopic (exact) mass is 404 g/mol. The van der Waals surface area contributed by atoms with Crippen molar-refractivity contribution < 1.29 is 18.7 Å². The molecule has 2 heterocycles. The van der Waals surface area contributed by atoms with Crippen LogP contribution in [0.1, 0.15) is 23.2 Å². The van der Waals surface area contributed by atoms with Crippen molar-refractivity contribution >= 4 is 17.5 Å². The van der Waals surface area contributed by atoms with Gasteiger partial charge in [-0.15, -0.1) is 0 Å². The van der Waals surface area contributed by atoms with Crippen LogP contribution in [0.4, 0.5) is 5.69 Å². The van der Waals surface area contributed by atoms with Crippen molar-refractivity contribution in [3.8, 4) is 16.9 Å². The number of nitrogens with one attached hydrogen (secondary N) is 1. The Bertz CT molecular complexity index is 1020. The lowest BCUT2D eigenvalue weighted by Crippen LogP contribution is -2.41. The van der Waals surface area contributed by atoms with E-state index < -0.39 is 0 Å². The van der Waals surface area contributed by atoms with Crippen LogP contribution in [-0.4, -0.2) is 36.9 Å². The van der Waals surface area contributed by atoms with Gasteiger partial charge in [0, 0.05) is 24.7 Å². The third kappa shape index (κ3) is 4.38. The molecule has 0 spiro atoms. The first-order chi connectivity index (χ1) is 14.6. The van der Waals surface area contributed by atoms with E-state index >= 15 is 0 Å². The minimum Gasteiger partial charge on any atom is -0.497 e. The van der Waals surface area contributed by atoms with E-state index in [1.54, 1.807) is 18.1 Å². The first-order valence-corrected chi connectivity index (χ1v) is 10.0. The molecule has 0 aliphatic carbocycles. The van der Waals surface area contributed by atoms with Crippen LogP contribution in [-0.2, 0) is 4.79 Å². The van der Waals surface area contributed by atoms with Gasteiger partial charge in [-0.1, -0.05) is 24.3 Å². The molecule has 6 heteroatoms. The molecule has 1 aromatic heterocycles. The van der Waals surface area contributed by atoms with Crippen LogP contribution in [0.2, 0.25) is 0 Å². The largest absolute Gasteiger partial charge is 0.497 e. The van der Waals surface area contributed by atoms with Gasteiger partial charge in [-0.3, -0.25) is 9.59 Å². The Morgan fingerprint density at radius 2 is 1.77 bits per heavy atom. The highest BCUT2D eigenvalue weighted by atomic mass is 16.5. The molecule has 1 aliphatic heterocycles. The van der Waals surface area contributed by atoms with Crippen LogP contribution in [0.25, 0.3) is 11.1 Å². The number of carbonyl (C=O) groups is 2. The maximum atomic E-state index is 12.8. The summed E-state index contributed by atoms with van der Waals surface area (Å²) in [6, 6.07) is 17.3. The number of methoxy groups -OCH3 is 1. The van der Waals surface area contributed by atoms with Crippen molar-refractivity contribution in [1.29, 1.82) is 0 Å². The summed E-state index contributed by atoms with van der Waals surface area (Å²) >= 11 is 0. The molecular formula is C24H24N2O4. The fourth-order valence-corrected chi connectivity index (χ4v) is 3.74. The maximum Gasteiger partial charge on any atom is 0.257 e. The van der Waals surface area contributed by atoms with Crippen molar-refractivity contribution in [1.82, 2.24) is 4.90 Å². The fraction of sp³-hybridized carbons (Fsp3) is 0.250. The van der Waals surface area contributed by atoms with Crippen molar-refractivity contribution in [2.75, 3.05) is 25.5 Å². The smallest absolute Gasteiger partial charge is 0.257 e. The number of benzene rings is 2. The van der Waals surface area contributed by atoms with E-state index in [2.05, 4.69) is 5.32 Å². The number of hydrogen-bond acceptors (Lipinski definition) is 4. The summed E-state index contributed by atoms with van der Waals surface area (Å²) in [5.41, 5.74) is 3.34. The molecule has 0 bridgehead atoms. The van der Waals surface area contributed by atoms with E-state index in [-0.39, 0.29) is 17.7 Å². The summed E-state index contributed by atoms with van der Waals surface area (Å²) in [4.78, 5) is 26.9. The number of carbonyl (C=O) groups excluding carboxylic acids is 2. The lowest BCUT2D eigenvalue weighted by atomic mass is 9.95. The molecule has 30 heavy (non-hydrogen) atoms. The van der Waals surface area contributed by atoms with Crippen LogP contribution >= 0.6 is 0 Å². The number of hydrogen-bond donors (Lipinski definition) is 1. The van der Waals surface area contributed by atoms with E-state index in [4.69, 9.17) is 9.15 Å². The van der Waals surface area contributed by atoms with E-state index in [0.717, 1.165) is 22.6 Å². The Morgan fingerprint density at radius 1 is 1.03 bits per heavy atom. The zero-order valence-electron chi connectivity index (χ0n) is 16.8. The summed E-state index contributed by atoms with van der Waals surface area (Å²) in [7, 11) is 1.64. The Labute approximate surface area is 175 Å². The van der Waals surface area contributed by atoms with Crippen molar-refractivity contribution in [2.45, 2.75) is 12.8 Å². The SMILES string of the molecule is COc1cccc(-c2cccc(NC(=O)C3CCN(C(=O)c4ccoc4)CC3)c2)c1. The number of furan rings is 1. The second-order valence-electron chi connectivity index (χ2n) is 7.38. The van der Waals surface area contributed by atoms with Crippen LogP contribution in [0.5, 0.6) is 5.75 Å². The molecular weight excluding hydrogens is 380 g/mol. The lowest BCUT2D eigenvalue weighted by molar-refractivity contribution is -0.121. The van der Waals surface area contributed by atoms with Gasteiger partial charge in [-0.2, -0.15) is 0 Å². The van der Waals surface area contributed by atoms with Crippen LogP contribution in [0.3, 0.4) is 0 Å². The Hall–Kier alpha value is -3.54. The molecule has 0 saturated carbocycles. The predicted molar refractivity (Wildman–Crippen MR) is 114 cm³/mol. The van der Waals surface area contributed by atoms with Crippen molar-refractivity contribution in [3.05, 3.63) is 72.7 Å². The molecule has 4 rings (SSSR count). The van der Waals surface area contributed by atoms with Gasteiger partial charge >= 0.3 is 0 Å². The average Bonchev–Trinajstić information content (AvgIpc) is 3.34. The molecule has 1 fully saturated rings.